The molecule has 1 aromatic carbocycles. The SMILES string of the molecule is POCc1ccc(COP)c(Br)c1. The fraction of sp³-hybridized carbons (Fsp3) is 0.250. The van der Waals surface area contributed by atoms with Crippen LogP contribution in [0.5, 0.6) is 0 Å². The van der Waals surface area contributed by atoms with Crippen LogP contribution in [0.4, 0.5) is 0 Å². The molecule has 72 valence electrons. The monoisotopic (exact) mass is 280 g/mol. The Morgan fingerprint density at radius 2 is 1.85 bits per heavy atom. The molecule has 0 spiro atoms. The van der Waals surface area contributed by atoms with Crippen LogP contribution < -0.4 is 0 Å². The fourth-order valence-corrected chi connectivity index (χ4v) is 1.90. The molecule has 2 unspecified atom stereocenters. The Balaban J connectivity index is 2.79. The van der Waals surface area contributed by atoms with Crippen LogP contribution in [0.3, 0.4) is 0 Å². The van der Waals surface area contributed by atoms with Crippen molar-refractivity contribution in [2.24, 2.45) is 0 Å². The van der Waals surface area contributed by atoms with Gasteiger partial charge in [-0.2, -0.15) is 0 Å². The Kier molecular flexibility index (Phi) is 5.38. The van der Waals surface area contributed by atoms with Crippen LogP contribution in [0.2, 0.25) is 0 Å². The molecule has 0 aliphatic heterocycles. The van der Waals surface area contributed by atoms with Gasteiger partial charge in [0.15, 0.2) is 0 Å². The predicted molar refractivity (Wildman–Crippen MR) is 63.1 cm³/mol. The molecule has 1 rings (SSSR count). The van der Waals surface area contributed by atoms with Crippen LogP contribution in [0.1, 0.15) is 11.1 Å². The summed E-state index contributed by atoms with van der Waals surface area (Å²) in [7, 11) is 4.47. The zero-order chi connectivity index (χ0) is 9.68. The highest BCUT2D eigenvalue weighted by molar-refractivity contribution is 9.10. The minimum atomic E-state index is 0.591. The lowest BCUT2D eigenvalue weighted by molar-refractivity contribution is 0.356. The molecule has 13 heavy (non-hydrogen) atoms. The van der Waals surface area contributed by atoms with Gasteiger partial charge in [-0.25, -0.2) is 0 Å². The van der Waals surface area contributed by atoms with E-state index in [2.05, 4.69) is 34.9 Å². The molecule has 2 atom stereocenters. The smallest absolute Gasteiger partial charge is 0.0763 e. The standard InChI is InChI=1S/C8H11BrO2P2/c9-8-3-6(4-10-12)1-2-7(8)5-11-13/h1-3H,4-5,12-13H2. The summed E-state index contributed by atoms with van der Waals surface area (Å²) < 4.78 is 11.0. The third-order valence-electron chi connectivity index (χ3n) is 1.61. The minimum absolute atomic E-state index is 0.591. The fourth-order valence-electron chi connectivity index (χ4n) is 0.984. The molecule has 0 amide bonds. The van der Waals surface area contributed by atoms with Crippen molar-refractivity contribution >= 4 is 34.9 Å². The van der Waals surface area contributed by atoms with E-state index in [1.807, 2.05) is 18.2 Å². The van der Waals surface area contributed by atoms with Crippen molar-refractivity contribution in [1.82, 2.24) is 0 Å². The number of benzene rings is 1. The molecule has 0 fully saturated rings. The van der Waals surface area contributed by atoms with Gasteiger partial charge in [0.05, 0.1) is 13.2 Å². The van der Waals surface area contributed by atoms with E-state index in [0.717, 1.165) is 15.6 Å². The first-order valence-corrected chi connectivity index (χ1v) is 5.42. The molecule has 0 bridgehead atoms. The lowest BCUT2D eigenvalue weighted by Gasteiger charge is -2.05. The molecule has 0 N–H and O–H groups in total. The molecule has 0 aromatic heterocycles. The van der Waals surface area contributed by atoms with Crippen LogP contribution in [0.25, 0.3) is 0 Å². The maximum atomic E-state index is 4.96. The molecule has 0 aliphatic carbocycles. The average molecular weight is 281 g/mol. The third kappa shape index (κ3) is 3.61. The maximum absolute atomic E-state index is 4.96. The molecular weight excluding hydrogens is 270 g/mol. The quantitative estimate of drug-likeness (QED) is 0.790. The largest absolute Gasteiger partial charge is 0.361 e. The molecule has 0 saturated carbocycles. The van der Waals surface area contributed by atoms with Gasteiger partial charge < -0.3 is 9.05 Å². The van der Waals surface area contributed by atoms with E-state index in [1.165, 1.54) is 0 Å². The van der Waals surface area contributed by atoms with Gasteiger partial charge in [-0.05, 0) is 17.2 Å². The van der Waals surface area contributed by atoms with Crippen molar-refractivity contribution in [2.75, 3.05) is 0 Å². The van der Waals surface area contributed by atoms with Crippen LogP contribution in [-0.2, 0) is 22.3 Å². The van der Waals surface area contributed by atoms with E-state index in [9.17, 15) is 0 Å². The number of halogens is 1. The second kappa shape index (κ2) is 6.06. The molecule has 0 saturated heterocycles. The zero-order valence-electron chi connectivity index (χ0n) is 7.00. The van der Waals surface area contributed by atoms with Crippen molar-refractivity contribution in [3.8, 4) is 0 Å². The van der Waals surface area contributed by atoms with E-state index in [-0.39, 0.29) is 0 Å². The zero-order valence-corrected chi connectivity index (χ0v) is 10.9. The van der Waals surface area contributed by atoms with Gasteiger partial charge >= 0.3 is 0 Å². The van der Waals surface area contributed by atoms with Gasteiger partial charge in [0.2, 0.25) is 0 Å². The topological polar surface area (TPSA) is 18.5 Å². The lowest BCUT2D eigenvalue weighted by Crippen LogP contribution is -1.89. The number of rotatable bonds is 4. The minimum Gasteiger partial charge on any atom is -0.361 e. The van der Waals surface area contributed by atoms with Crippen molar-refractivity contribution in [3.63, 3.8) is 0 Å². The Labute approximate surface area is 91.1 Å². The summed E-state index contributed by atoms with van der Waals surface area (Å²) >= 11 is 3.47. The molecule has 1 aromatic rings. The van der Waals surface area contributed by atoms with Crippen LogP contribution >= 0.6 is 34.9 Å². The number of hydrogen-bond acceptors (Lipinski definition) is 2. The van der Waals surface area contributed by atoms with E-state index >= 15 is 0 Å². The molecule has 0 aliphatic rings. The van der Waals surface area contributed by atoms with Gasteiger partial charge in [-0.15, -0.1) is 0 Å². The predicted octanol–water partition coefficient (Wildman–Crippen LogP) is 3.06. The maximum Gasteiger partial charge on any atom is 0.0763 e. The first kappa shape index (κ1) is 11.6. The average Bonchev–Trinajstić information content (AvgIpc) is 2.10. The first-order valence-electron chi connectivity index (χ1n) is 3.68. The third-order valence-corrected chi connectivity index (χ3v) is 2.68. The van der Waals surface area contributed by atoms with Gasteiger partial charge in [0.1, 0.15) is 0 Å². The van der Waals surface area contributed by atoms with Crippen molar-refractivity contribution < 1.29 is 9.05 Å². The lowest BCUT2D eigenvalue weighted by atomic mass is 10.1. The van der Waals surface area contributed by atoms with Crippen molar-refractivity contribution in [3.05, 3.63) is 33.8 Å². The Bertz CT molecular complexity index is 281. The number of hydrogen-bond donors (Lipinski definition) is 0. The summed E-state index contributed by atoms with van der Waals surface area (Å²) in [6.45, 7) is 1.19. The second-order valence-electron chi connectivity index (χ2n) is 2.55. The summed E-state index contributed by atoms with van der Waals surface area (Å²) in [5.41, 5.74) is 2.26. The van der Waals surface area contributed by atoms with Crippen LogP contribution in [-0.4, -0.2) is 0 Å². The van der Waals surface area contributed by atoms with E-state index in [1.54, 1.807) is 0 Å². The Morgan fingerprint density at radius 1 is 1.15 bits per heavy atom. The summed E-state index contributed by atoms with van der Waals surface area (Å²) in [5.74, 6) is 0. The second-order valence-corrected chi connectivity index (χ2v) is 4.07. The molecule has 2 nitrogen and oxygen atoms in total. The van der Waals surface area contributed by atoms with Crippen molar-refractivity contribution in [2.45, 2.75) is 13.2 Å². The van der Waals surface area contributed by atoms with E-state index in [0.29, 0.717) is 13.2 Å². The molecule has 0 radical (unpaired) electrons. The highest BCUT2D eigenvalue weighted by atomic mass is 79.9. The summed E-state index contributed by atoms with van der Waals surface area (Å²) in [6.07, 6.45) is 0. The first-order chi connectivity index (χ1) is 6.27. The normalized spacial score (nSPS) is 10.4. The molecule has 5 heteroatoms. The van der Waals surface area contributed by atoms with Gasteiger partial charge in [-0.3, -0.25) is 0 Å². The highest BCUT2D eigenvalue weighted by Crippen LogP contribution is 2.20. The molecule has 0 heterocycles. The van der Waals surface area contributed by atoms with Gasteiger partial charge in [0.25, 0.3) is 0 Å². The van der Waals surface area contributed by atoms with Crippen LogP contribution in [0.15, 0.2) is 22.7 Å². The summed E-state index contributed by atoms with van der Waals surface area (Å²) in [6, 6.07) is 6.07. The van der Waals surface area contributed by atoms with Crippen LogP contribution in [0, 0.1) is 0 Å². The highest BCUT2D eigenvalue weighted by Gasteiger charge is 2.00. The Morgan fingerprint density at radius 3 is 2.38 bits per heavy atom. The van der Waals surface area contributed by atoms with Crippen molar-refractivity contribution in [1.29, 1.82) is 0 Å². The van der Waals surface area contributed by atoms with E-state index in [4.69, 9.17) is 9.05 Å². The summed E-state index contributed by atoms with van der Waals surface area (Å²) in [5, 5.41) is 0. The van der Waals surface area contributed by atoms with Gasteiger partial charge in [-0.1, -0.05) is 28.1 Å². The summed E-state index contributed by atoms with van der Waals surface area (Å²) in [4.78, 5) is 0. The van der Waals surface area contributed by atoms with Gasteiger partial charge in [0, 0.05) is 23.4 Å². The van der Waals surface area contributed by atoms with E-state index < -0.39 is 0 Å². The molecular formula is C8H11BrO2P2. The Hall–Kier alpha value is 0.480.